The third-order valence-electron chi connectivity index (χ3n) is 3.83. The third-order valence-corrected chi connectivity index (χ3v) is 3.83. The smallest absolute Gasteiger partial charge is 0.308 e. The Kier molecular flexibility index (Phi) is 4.58. The highest BCUT2D eigenvalue weighted by atomic mass is 16.5. The van der Waals surface area contributed by atoms with Crippen LogP contribution in [0.15, 0.2) is 0 Å². The van der Waals surface area contributed by atoms with Crippen molar-refractivity contribution in [2.45, 2.75) is 44.6 Å². The van der Waals surface area contributed by atoms with Gasteiger partial charge in [-0.15, -0.1) is 0 Å². The summed E-state index contributed by atoms with van der Waals surface area (Å²) in [5.41, 5.74) is 0. The zero-order chi connectivity index (χ0) is 13.0. The molecule has 18 heavy (non-hydrogen) atoms. The number of piperidine rings is 1. The van der Waals surface area contributed by atoms with E-state index in [1.165, 1.54) is 0 Å². The first-order chi connectivity index (χ1) is 8.66. The fourth-order valence-corrected chi connectivity index (χ4v) is 2.72. The Bertz CT molecular complexity index is 312. The van der Waals surface area contributed by atoms with Gasteiger partial charge in [0.05, 0.1) is 12.0 Å². The molecule has 2 atom stereocenters. The molecule has 2 saturated heterocycles. The Morgan fingerprint density at radius 1 is 1.28 bits per heavy atom. The molecule has 1 N–H and O–H groups in total. The zero-order valence-corrected chi connectivity index (χ0v) is 10.6. The Hall–Kier alpha value is -1.10. The molecule has 5 nitrogen and oxygen atoms in total. The molecule has 0 spiro atoms. The highest BCUT2D eigenvalue weighted by Crippen LogP contribution is 2.20. The Labute approximate surface area is 107 Å². The summed E-state index contributed by atoms with van der Waals surface area (Å²) in [6.45, 7) is 1.89. The van der Waals surface area contributed by atoms with Gasteiger partial charge in [-0.2, -0.15) is 0 Å². The zero-order valence-electron chi connectivity index (χ0n) is 10.6. The molecule has 0 aliphatic carbocycles. The summed E-state index contributed by atoms with van der Waals surface area (Å²) in [6, 6.07) is 0. The maximum Gasteiger partial charge on any atom is 0.308 e. The number of carbonyl (C=O) groups is 2. The van der Waals surface area contributed by atoms with Crippen molar-refractivity contribution in [1.29, 1.82) is 0 Å². The highest BCUT2D eigenvalue weighted by molar-refractivity contribution is 5.78. The first kappa shape index (κ1) is 13.3. The molecule has 2 aliphatic rings. The van der Waals surface area contributed by atoms with Gasteiger partial charge in [-0.05, 0) is 32.1 Å². The number of likely N-dealkylation sites (tertiary alicyclic amines) is 1. The maximum atomic E-state index is 12.0. The van der Waals surface area contributed by atoms with Crippen molar-refractivity contribution in [3.8, 4) is 0 Å². The summed E-state index contributed by atoms with van der Waals surface area (Å²) in [4.78, 5) is 24.6. The molecule has 2 heterocycles. The van der Waals surface area contributed by atoms with Crippen LogP contribution >= 0.6 is 0 Å². The fraction of sp³-hybridized carbons (Fsp3) is 0.846. The van der Waals surface area contributed by atoms with Gasteiger partial charge in [0.15, 0.2) is 0 Å². The SMILES string of the molecule is O=C(O)C1CCCN(C(=O)CCC2CCCO2)C1. The lowest BCUT2D eigenvalue weighted by Gasteiger charge is -2.31. The number of nitrogens with zero attached hydrogens (tertiary/aromatic N) is 1. The van der Waals surface area contributed by atoms with Gasteiger partial charge in [0.2, 0.25) is 5.91 Å². The minimum Gasteiger partial charge on any atom is -0.481 e. The van der Waals surface area contributed by atoms with E-state index in [0.29, 0.717) is 25.9 Å². The summed E-state index contributed by atoms with van der Waals surface area (Å²) in [6.07, 6.45) is 5.10. The Morgan fingerprint density at radius 3 is 2.78 bits per heavy atom. The summed E-state index contributed by atoms with van der Waals surface area (Å²) < 4.78 is 5.49. The van der Waals surface area contributed by atoms with Crippen molar-refractivity contribution in [3.63, 3.8) is 0 Å². The standard InChI is InChI=1S/C13H21NO4/c15-12(6-5-11-4-2-8-18-11)14-7-1-3-10(9-14)13(16)17/h10-11H,1-9H2,(H,16,17). The maximum absolute atomic E-state index is 12.0. The van der Waals surface area contributed by atoms with Crippen LogP contribution in [-0.2, 0) is 14.3 Å². The molecule has 0 saturated carbocycles. The molecule has 0 aromatic rings. The van der Waals surface area contributed by atoms with E-state index in [4.69, 9.17) is 9.84 Å². The summed E-state index contributed by atoms with van der Waals surface area (Å²) >= 11 is 0. The Morgan fingerprint density at radius 2 is 2.11 bits per heavy atom. The van der Waals surface area contributed by atoms with E-state index in [-0.39, 0.29) is 17.9 Å². The number of ether oxygens (including phenoxy) is 1. The topological polar surface area (TPSA) is 66.8 Å². The van der Waals surface area contributed by atoms with E-state index in [1.807, 2.05) is 0 Å². The van der Waals surface area contributed by atoms with Crippen LogP contribution < -0.4 is 0 Å². The van der Waals surface area contributed by atoms with Gasteiger partial charge < -0.3 is 14.7 Å². The monoisotopic (exact) mass is 255 g/mol. The van der Waals surface area contributed by atoms with Crippen LogP contribution in [0.3, 0.4) is 0 Å². The molecule has 2 fully saturated rings. The second-order valence-electron chi connectivity index (χ2n) is 5.19. The molecular weight excluding hydrogens is 234 g/mol. The van der Waals surface area contributed by atoms with Crippen molar-refractivity contribution in [2.24, 2.45) is 5.92 Å². The second kappa shape index (κ2) is 6.18. The molecule has 0 bridgehead atoms. The fourth-order valence-electron chi connectivity index (χ4n) is 2.72. The van der Waals surface area contributed by atoms with Crippen LogP contribution in [0, 0.1) is 5.92 Å². The molecule has 5 heteroatoms. The third kappa shape index (κ3) is 3.45. The second-order valence-corrected chi connectivity index (χ2v) is 5.19. The molecule has 1 amide bonds. The number of carboxylic acid groups (broad SMARTS) is 1. The van der Waals surface area contributed by atoms with Gasteiger partial charge >= 0.3 is 5.97 Å². The average molecular weight is 255 g/mol. The Balaban J connectivity index is 1.75. The van der Waals surface area contributed by atoms with E-state index in [9.17, 15) is 9.59 Å². The summed E-state index contributed by atoms with van der Waals surface area (Å²) in [5.74, 6) is -1.09. The number of carboxylic acids is 1. The van der Waals surface area contributed by atoms with Crippen molar-refractivity contribution >= 4 is 11.9 Å². The lowest BCUT2D eigenvalue weighted by Crippen LogP contribution is -2.42. The number of rotatable bonds is 4. The predicted molar refractivity (Wildman–Crippen MR) is 65.1 cm³/mol. The molecule has 102 valence electrons. The van der Waals surface area contributed by atoms with Crippen molar-refractivity contribution in [3.05, 3.63) is 0 Å². The minimum absolute atomic E-state index is 0.0800. The summed E-state index contributed by atoms with van der Waals surface area (Å²) in [5, 5.41) is 8.98. The molecule has 0 aromatic heterocycles. The van der Waals surface area contributed by atoms with Gasteiger partial charge in [0, 0.05) is 26.1 Å². The van der Waals surface area contributed by atoms with Crippen LogP contribution in [0.2, 0.25) is 0 Å². The predicted octanol–water partition coefficient (Wildman–Crippen LogP) is 1.27. The number of aliphatic carboxylic acids is 1. The van der Waals surface area contributed by atoms with Crippen LogP contribution in [0.1, 0.15) is 38.5 Å². The summed E-state index contributed by atoms with van der Waals surface area (Å²) in [7, 11) is 0. The first-order valence-corrected chi connectivity index (χ1v) is 6.79. The van der Waals surface area contributed by atoms with E-state index < -0.39 is 5.97 Å². The van der Waals surface area contributed by atoms with Crippen LogP contribution in [0.4, 0.5) is 0 Å². The number of hydrogen-bond acceptors (Lipinski definition) is 3. The number of hydrogen-bond donors (Lipinski definition) is 1. The van der Waals surface area contributed by atoms with E-state index in [1.54, 1.807) is 4.90 Å². The van der Waals surface area contributed by atoms with Crippen LogP contribution in [0.25, 0.3) is 0 Å². The van der Waals surface area contributed by atoms with Gasteiger partial charge in [0.1, 0.15) is 0 Å². The number of amides is 1. The molecular formula is C13H21NO4. The number of carbonyl (C=O) groups excluding carboxylic acids is 1. The van der Waals surface area contributed by atoms with Gasteiger partial charge in [-0.3, -0.25) is 9.59 Å². The largest absolute Gasteiger partial charge is 0.481 e. The van der Waals surface area contributed by atoms with Crippen LogP contribution in [0.5, 0.6) is 0 Å². The lowest BCUT2D eigenvalue weighted by atomic mass is 9.98. The van der Waals surface area contributed by atoms with Crippen molar-refractivity contribution < 1.29 is 19.4 Å². The molecule has 0 aromatic carbocycles. The van der Waals surface area contributed by atoms with E-state index in [0.717, 1.165) is 32.3 Å². The van der Waals surface area contributed by atoms with Crippen LogP contribution in [-0.4, -0.2) is 47.7 Å². The normalized spacial score (nSPS) is 28.3. The van der Waals surface area contributed by atoms with E-state index in [2.05, 4.69) is 0 Å². The molecule has 2 aliphatic heterocycles. The van der Waals surface area contributed by atoms with Crippen molar-refractivity contribution in [2.75, 3.05) is 19.7 Å². The van der Waals surface area contributed by atoms with Gasteiger partial charge in [-0.1, -0.05) is 0 Å². The average Bonchev–Trinajstić information content (AvgIpc) is 2.89. The van der Waals surface area contributed by atoms with Crippen molar-refractivity contribution in [1.82, 2.24) is 4.90 Å². The molecule has 0 radical (unpaired) electrons. The highest BCUT2D eigenvalue weighted by Gasteiger charge is 2.28. The molecule has 2 unspecified atom stereocenters. The van der Waals surface area contributed by atoms with Gasteiger partial charge in [0.25, 0.3) is 0 Å². The van der Waals surface area contributed by atoms with Gasteiger partial charge in [-0.25, -0.2) is 0 Å². The van der Waals surface area contributed by atoms with E-state index >= 15 is 0 Å². The minimum atomic E-state index is -0.786. The first-order valence-electron chi connectivity index (χ1n) is 6.79. The lowest BCUT2D eigenvalue weighted by molar-refractivity contribution is -0.145. The quantitative estimate of drug-likeness (QED) is 0.821. The molecule has 2 rings (SSSR count).